The number of nitrogen functional groups attached to an aromatic ring is 1. The van der Waals surface area contributed by atoms with Crippen molar-refractivity contribution in [3.63, 3.8) is 0 Å². The summed E-state index contributed by atoms with van der Waals surface area (Å²) in [7, 11) is 1.89. The molecule has 0 atom stereocenters. The first-order chi connectivity index (χ1) is 8.58. The van der Waals surface area contributed by atoms with Crippen LogP contribution in [-0.2, 0) is 6.54 Å². The van der Waals surface area contributed by atoms with Crippen LogP contribution in [0.1, 0.15) is 11.1 Å². The van der Waals surface area contributed by atoms with E-state index < -0.39 is 0 Å². The van der Waals surface area contributed by atoms with Gasteiger partial charge in [0.1, 0.15) is 23.8 Å². The number of nitrogens with zero attached hydrogens (tertiary/aromatic N) is 3. The summed E-state index contributed by atoms with van der Waals surface area (Å²) in [6, 6.07) is 6.51. The molecule has 0 amide bonds. The summed E-state index contributed by atoms with van der Waals surface area (Å²) >= 11 is 0. The third kappa shape index (κ3) is 2.56. The number of anilines is 2. The summed E-state index contributed by atoms with van der Waals surface area (Å²) in [5.41, 5.74) is 7.45. The fourth-order valence-corrected chi connectivity index (χ4v) is 1.82. The van der Waals surface area contributed by atoms with Crippen molar-refractivity contribution >= 4 is 11.6 Å². The van der Waals surface area contributed by atoms with Gasteiger partial charge in [0.15, 0.2) is 0 Å². The first kappa shape index (κ1) is 12.3. The lowest BCUT2D eigenvalue weighted by Crippen LogP contribution is -2.19. The topological polar surface area (TPSA) is 55.0 Å². The number of nitrogens with two attached hydrogens (primary N) is 1. The number of benzene rings is 1. The first-order valence-electron chi connectivity index (χ1n) is 5.60. The van der Waals surface area contributed by atoms with E-state index in [1.807, 2.05) is 24.9 Å². The van der Waals surface area contributed by atoms with Gasteiger partial charge in [-0.15, -0.1) is 0 Å². The van der Waals surface area contributed by atoms with Crippen LogP contribution in [0.5, 0.6) is 0 Å². The van der Waals surface area contributed by atoms with E-state index in [0.717, 1.165) is 16.9 Å². The molecule has 0 saturated heterocycles. The number of hydrogen-bond acceptors (Lipinski definition) is 4. The lowest BCUT2D eigenvalue weighted by molar-refractivity contribution is 0.625. The lowest BCUT2D eigenvalue weighted by atomic mass is 10.2. The maximum atomic E-state index is 13.1. The van der Waals surface area contributed by atoms with Gasteiger partial charge < -0.3 is 10.6 Å². The summed E-state index contributed by atoms with van der Waals surface area (Å²) in [4.78, 5) is 10.0. The maximum absolute atomic E-state index is 13.1. The fourth-order valence-electron chi connectivity index (χ4n) is 1.82. The minimum Gasteiger partial charge on any atom is -0.383 e. The summed E-state index contributed by atoms with van der Waals surface area (Å²) < 4.78 is 13.1. The molecule has 2 rings (SSSR count). The van der Waals surface area contributed by atoms with Crippen molar-refractivity contribution in [3.8, 4) is 0 Å². The van der Waals surface area contributed by atoms with Crippen LogP contribution < -0.4 is 10.6 Å². The molecule has 1 aromatic carbocycles. The van der Waals surface area contributed by atoms with E-state index in [0.29, 0.717) is 12.4 Å². The van der Waals surface area contributed by atoms with Gasteiger partial charge in [0.2, 0.25) is 0 Å². The van der Waals surface area contributed by atoms with Crippen molar-refractivity contribution in [3.05, 3.63) is 47.5 Å². The second kappa shape index (κ2) is 5.00. The van der Waals surface area contributed by atoms with E-state index in [2.05, 4.69) is 9.97 Å². The van der Waals surface area contributed by atoms with Crippen molar-refractivity contribution in [1.82, 2.24) is 9.97 Å². The molecule has 0 unspecified atom stereocenters. The van der Waals surface area contributed by atoms with Crippen LogP contribution in [0.3, 0.4) is 0 Å². The Kier molecular flexibility index (Phi) is 3.41. The fraction of sp³-hybridized carbons (Fsp3) is 0.231. The minimum absolute atomic E-state index is 0.236. The highest BCUT2D eigenvalue weighted by Gasteiger charge is 2.09. The molecule has 5 heteroatoms. The summed E-state index contributed by atoms with van der Waals surface area (Å²) in [6.45, 7) is 2.43. The molecule has 0 radical (unpaired) electrons. The molecule has 18 heavy (non-hydrogen) atoms. The molecule has 0 bridgehead atoms. The van der Waals surface area contributed by atoms with Gasteiger partial charge in [-0.25, -0.2) is 14.4 Å². The molecule has 1 aromatic heterocycles. The Morgan fingerprint density at radius 3 is 2.83 bits per heavy atom. The van der Waals surface area contributed by atoms with Gasteiger partial charge in [0.05, 0.1) is 0 Å². The highest BCUT2D eigenvalue weighted by molar-refractivity contribution is 5.55. The van der Waals surface area contributed by atoms with Gasteiger partial charge in [-0.1, -0.05) is 12.1 Å². The molecule has 94 valence electrons. The molecular weight excluding hydrogens is 231 g/mol. The smallest absolute Gasteiger partial charge is 0.137 e. The summed E-state index contributed by atoms with van der Waals surface area (Å²) in [6.07, 6.45) is 1.43. The van der Waals surface area contributed by atoms with Crippen molar-refractivity contribution in [2.45, 2.75) is 13.5 Å². The van der Waals surface area contributed by atoms with Crippen LogP contribution in [-0.4, -0.2) is 17.0 Å². The van der Waals surface area contributed by atoms with Gasteiger partial charge >= 0.3 is 0 Å². The van der Waals surface area contributed by atoms with Crippen molar-refractivity contribution in [2.24, 2.45) is 0 Å². The number of rotatable bonds is 3. The molecule has 0 aliphatic rings. The van der Waals surface area contributed by atoms with Crippen LogP contribution in [0.15, 0.2) is 30.6 Å². The molecule has 4 nitrogen and oxygen atoms in total. The molecule has 0 spiro atoms. The predicted octanol–water partition coefficient (Wildman–Crippen LogP) is 2.14. The van der Waals surface area contributed by atoms with E-state index in [9.17, 15) is 4.39 Å². The Bertz CT molecular complexity index is 556. The van der Waals surface area contributed by atoms with E-state index in [1.54, 1.807) is 6.07 Å². The largest absolute Gasteiger partial charge is 0.383 e. The van der Waals surface area contributed by atoms with E-state index in [-0.39, 0.29) is 5.82 Å². The van der Waals surface area contributed by atoms with E-state index in [4.69, 9.17) is 5.73 Å². The molecule has 0 fully saturated rings. The zero-order valence-electron chi connectivity index (χ0n) is 10.4. The highest BCUT2D eigenvalue weighted by atomic mass is 19.1. The second-order valence-corrected chi connectivity index (χ2v) is 4.19. The Balaban J connectivity index is 2.22. The average Bonchev–Trinajstić information content (AvgIpc) is 2.32. The molecule has 2 aromatic rings. The van der Waals surface area contributed by atoms with Gasteiger partial charge in [-0.3, -0.25) is 0 Å². The molecule has 2 N–H and O–H groups in total. The summed E-state index contributed by atoms with van der Waals surface area (Å²) in [5.74, 6) is 0.984. The first-order valence-corrected chi connectivity index (χ1v) is 5.60. The van der Waals surface area contributed by atoms with Crippen LogP contribution in [0.2, 0.25) is 0 Å². The standard InChI is InChI=1S/C13H15FN4/c1-9-12(15)16-8-17-13(9)18(2)7-10-4-3-5-11(14)6-10/h3-6,8H,7H2,1-2H3,(H2,15,16,17). The van der Waals surface area contributed by atoms with E-state index in [1.165, 1.54) is 18.5 Å². The molecule has 0 aliphatic carbocycles. The Morgan fingerprint density at radius 2 is 2.11 bits per heavy atom. The van der Waals surface area contributed by atoms with E-state index >= 15 is 0 Å². The third-order valence-electron chi connectivity index (χ3n) is 2.77. The zero-order chi connectivity index (χ0) is 13.1. The number of aromatic nitrogens is 2. The lowest BCUT2D eigenvalue weighted by Gasteiger charge is -2.20. The van der Waals surface area contributed by atoms with Crippen molar-refractivity contribution in [1.29, 1.82) is 0 Å². The third-order valence-corrected chi connectivity index (χ3v) is 2.77. The normalized spacial score (nSPS) is 10.4. The molecular formula is C13H15FN4. The van der Waals surface area contributed by atoms with Gasteiger partial charge in [0.25, 0.3) is 0 Å². The summed E-state index contributed by atoms with van der Waals surface area (Å²) in [5, 5.41) is 0. The van der Waals surface area contributed by atoms with Gasteiger partial charge in [-0.05, 0) is 24.6 Å². The predicted molar refractivity (Wildman–Crippen MR) is 69.7 cm³/mol. The van der Waals surface area contributed by atoms with Crippen molar-refractivity contribution in [2.75, 3.05) is 17.7 Å². The average molecular weight is 246 g/mol. The zero-order valence-corrected chi connectivity index (χ0v) is 10.4. The SMILES string of the molecule is Cc1c(N)ncnc1N(C)Cc1cccc(F)c1. The Hall–Kier alpha value is -2.17. The molecule has 0 aliphatic heterocycles. The van der Waals surface area contributed by atoms with Crippen LogP contribution in [0, 0.1) is 12.7 Å². The molecule has 1 heterocycles. The molecule has 0 saturated carbocycles. The minimum atomic E-state index is -0.236. The second-order valence-electron chi connectivity index (χ2n) is 4.19. The number of halogens is 1. The number of hydrogen-bond donors (Lipinski definition) is 1. The van der Waals surface area contributed by atoms with Gasteiger partial charge in [0, 0.05) is 19.2 Å². The van der Waals surface area contributed by atoms with Crippen LogP contribution in [0.4, 0.5) is 16.0 Å². The van der Waals surface area contributed by atoms with Crippen molar-refractivity contribution < 1.29 is 4.39 Å². The van der Waals surface area contributed by atoms with Crippen LogP contribution in [0.25, 0.3) is 0 Å². The highest BCUT2D eigenvalue weighted by Crippen LogP contribution is 2.20. The van der Waals surface area contributed by atoms with Crippen LogP contribution >= 0.6 is 0 Å². The Labute approximate surface area is 105 Å². The monoisotopic (exact) mass is 246 g/mol. The maximum Gasteiger partial charge on any atom is 0.137 e. The Morgan fingerprint density at radius 1 is 1.33 bits per heavy atom. The quantitative estimate of drug-likeness (QED) is 0.901. The van der Waals surface area contributed by atoms with Gasteiger partial charge in [-0.2, -0.15) is 0 Å².